The molecule has 28 heavy (non-hydrogen) atoms. The third-order valence-corrected chi connectivity index (χ3v) is 4.98. The van der Waals surface area contributed by atoms with Crippen molar-refractivity contribution in [2.24, 2.45) is 5.11 Å². The first kappa shape index (κ1) is 21.8. The number of ether oxygens (including phenoxy) is 2. The van der Waals surface area contributed by atoms with Crippen LogP contribution in [-0.2, 0) is 23.4 Å². The van der Waals surface area contributed by atoms with E-state index in [0.717, 1.165) is 11.7 Å². The molecule has 1 aromatic rings. The molecule has 0 aliphatic carbocycles. The summed E-state index contributed by atoms with van der Waals surface area (Å²) in [5.41, 5.74) is 7.74. The van der Waals surface area contributed by atoms with Gasteiger partial charge in [-0.3, -0.25) is 23.7 Å². The van der Waals surface area contributed by atoms with Crippen LogP contribution in [0.1, 0.15) is 18.2 Å². The maximum atomic E-state index is 12.0. The van der Waals surface area contributed by atoms with Crippen LogP contribution >= 0.6 is 7.75 Å². The van der Waals surface area contributed by atoms with E-state index in [2.05, 4.69) is 19.7 Å². The Kier molecular flexibility index (Phi) is 7.13. The topological polar surface area (TPSA) is 198 Å². The van der Waals surface area contributed by atoms with Crippen LogP contribution in [0.25, 0.3) is 10.4 Å². The van der Waals surface area contributed by atoms with Crippen molar-refractivity contribution >= 4 is 13.7 Å². The number of nitrogens with one attached hydrogen (secondary N) is 2. The van der Waals surface area contributed by atoms with E-state index in [-0.39, 0.29) is 12.0 Å². The average molecular weight is 418 g/mol. The fraction of sp³-hybridized carbons (Fsp3) is 0.615. The number of esters is 1. The Balaban J connectivity index is 2.10. The smallest absolute Gasteiger partial charge is 0.403 e. The minimum Gasteiger partial charge on any atom is -0.468 e. The number of aromatic nitrogens is 2. The number of H-pyrrole nitrogens is 1. The summed E-state index contributed by atoms with van der Waals surface area (Å²) < 4.78 is 27.9. The van der Waals surface area contributed by atoms with Gasteiger partial charge in [-0.05, 0) is 12.5 Å². The molecule has 1 fully saturated rings. The Morgan fingerprint density at radius 2 is 2.32 bits per heavy atom. The molecule has 154 valence electrons. The van der Waals surface area contributed by atoms with E-state index >= 15 is 0 Å². The predicted molar refractivity (Wildman–Crippen MR) is 93.3 cm³/mol. The van der Waals surface area contributed by atoms with Gasteiger partial charge >= 0.3 is 19.4 Å². The lowest BCUT2D eigenvalue weighted by Gasteiger charge is -2.19. The number of hydrogen-bond acceptors (Lipinski definition) is 8. The molecule has 0 radical (unpaired) electrons. The molecule has 0 aromatic carbocycles. The number of methoxy groups -OCH3 is 1. The Morgan fingerprint density at radius 3 is 2.96 bits per heavy atom. The lowest BCUT2D eigenvalue weighted by molar-refractivity contribution is -0.139. The highest BCUT2D eigenvalue weighted by Gasteiger charge is 2.38. The first-order valence-corrected chi connectivity index (χ1v) is 9.55. The number of hydrogen-bond donors (Lipinski definition) is 3. The van der Waals surface area contributed by atoms with Gasteiger partial charge in [-0.15, -0.1) is 0 Å². The van der Waals surface area contributed by atoms with Gasteiger partial charge in [-0.1, -0.05) is 5.11 Å². The van der Waals surface area contributed by atoms with Crippen molar-refractivity contribution in [2.45, 2.75) is 31.7 Å². The Labute approximate surface area is 157 Å². The molecular weight excluding hydrogens is 399 g/mol. The summed E-state index contributed by atoms with van der Waals surface area (Å²) in [6, 6.07) is -0.797. The number of aryl methyl sites for hydroxylation is 1. The molecule has 1 aliphatic heterocycles. The highest BCUT2D eigenvalue weighted by molar-refractivity contribution is 7.50. The van der Waals surface area contributed by atoms with E-state index < -0.39 is 56.5 Å². The van der Waals surface area contributed by atoms with Crippen LogP contribution in [-0.4, -0.2) is 52.8 Å². The summed E-state index contributed by atoms with van der Waals surface area (Å²) in [6.07, 6.45) is -0.444. The maximum absolute atomic E-state index is 12.0. The molecule has 0 spiro atoms. The van der Waals surface area contributed by atoms with E-state index in [1.54, 1.807) is 0 Å². The molecule has 3 N–H and O–H groups in total. The molecule has 1 aliphatic rings. The zero-order valence-electron chi connectivity index (χ0n) is 15.0. The quantitative estimate of drug-likeness (QED) is 0.167. The summed E-state index contributed by atoms with van der Waals surface area (Å²) in [5.74, 6) is -0.769. The average Bonchev–Trinajstić information content (AvgIpc) is 3.04. The van der Waals surface area contributed by atoms with Crippen molar-refractivity contribution < 1.29 is 28.3 Å². The lowest BCUT2D eigenvalue weighted by atomic mass is 10.1. The molecule has 0 amide bonds. The van der Waals surface area contributed by atoms with Gasteiger partial charge < -0.3 is 14.4 Å². The second-order valence-corrected chi connectivity index (χ2v) is 7.46. The van der Waals surface area contributed by atoms with E-state index in [0.29, 0.717) is 0 Å². The fourth-order valence-corrected chi connectivity index (χ4v) is 3.25. The van der Waals surface area contributed by atoms with E-state index in [9.17, 15) is 23.8 Å². The maximum Gasteiger partial charge on any atom is 0.403 e. The molecule has 2 rings (SSSR count). The van der Waals surface area contributed by atoms with Crippen molar-refractivity contribution in [3.8, 4) is 0 Å². The Bertz CT molecular complexity index is 938. The van der Waals surface area contributed by atoms with Crippen molar-refractivity contribution in [3.63, 3.8) is 0 Å². The number of nitrogens with zero attached hydrogens (tertiary/aromatic N) is 4. The Hall–Kier alpha value is -2.47. The highest BCUT2D eigenvalue weighted by Crippen LogP contribution is 2.39. The third kappa shape index (κ3) is 5.52. The van der Waals surface area contributed by atoms with Crippen molar-refractivity contribution in [1.82, 2.24) is 14.6 Å². The van der Waals surface area contributed by atoms with Gasteiger partial charge in [-0.25, -0.2) is 14.4 Å². The molecule has 1 aromatic heterocycles. The van der Waals surface area contributed by atoms with Crippen LogP contribution in [0.15, 0.2) is 20.9 Å². The van der Waals surface area contributed by atoms with E-state index in [1.807, 2.05) is 5.09 Å². The van der Waals surface area contributed by atoms with Crippen LogP contribution in [0.2, 0.25) is 0 Å². The number of carbonyl (C=O) groups excluding carboxylic acids is 1. The molecule has 15 heteroatoms. The van der Waals surface area contributed by atoms with Crippen LogP contribution < -0.4 is 16.3 Å². The summed E-state index contributed by atoms with van der Waals surface area (Å²) >= 11 is 0. The van der Waals surface area contributed by atoms with Gasteiger partial charge in [0.25, 0.3) is 5.56 Å². The first-order chi connectivity index (χ1) is 13.2. The molecular formula is C13H19N6O8P. The summed E-state index contributed by atoms with van der Waals surface area (Å²) in [5, 5.41) is 5.57. The van der Waals surface area contributed by atoms with E-state index in [1.165, 1.54) is 13.1 Å². The molecule has 4 atom stereocenters. The lowest BCUT2D eigenvalue weighted by Crippen LogP contribution is -2.33. The first-order valence-electron chi connectivity index (χ1n) is 7.98. The zero-order valence-corrected chi connectivity index (χ0v) is 15.9. The van der Waals surface area contributed by atoms with Gasteiger partial charge in [0.1, 0.15) is 12.8 Å². The second kappa shape index (κ2) is 9.15. The highest BCUT2D eigenvalue weighted by atomic mass is 31.2. The zero-order chi connectivity index (χ0) is 20.9. The molecule has 14 nitrogen and oxygen atoms in total. The standard InChI is InChI=1S/C13H19N6O8P/c1-7-5-19(13(22)16-12(7)21)10-3-8(17-18-14)9(27-10)6-26-28(23,24)15-4-11(20)25-2/h5,8-10H,3-4,6H2,1-2H3,(H2,15,23,24)(H,16,21,22)/t8?,9-,10?/m1/s1. The van der Waals surface area contributed by atoms with Crippen LogP contribution in [0, 0.1) is 6.92 Å². The Morgan fingerprint density at radius 1 is 1.61 bits per heavy atom. The normalized spacial score (nSPS) is 23.6. The minimum absolute atomic E-state index is 0.0782. The minimum atomic E-state index is -4.35. The van der Waals surface area contributed by atoms with Gasteiger partial charge in [0.15, 0.2) is 0 Å². The molecule has 2 heterocycles. The van der Waals surface area contributed by atoms with Gasteiger partial charge in [-0.2, -0.15) is 0 Å². The second-order valence-electron chi connectivity index (χ2n) is 5.84. The SMILES string of the molecule is COC(=O)CNP(=O)(O)OC[C@H]1OC(n2cc(C)c(=O)[nH]c2=O)CC1N=[N+]=[N-]. The van der Waals surface area contributed by atoms with Crippen LogP contribution in [0.3, 0.4) is 0 Å². The number of aromatic amines is 1. The molecule has 0 saturated carbocycles. The predicted octanol–water partition coefficient (Wildman–Crippen LogP) is -0.309. The monoisotopic (exact) mass is 418 g/mol. The molecule has 0 bridgehead atoms. The number of rotatable bonds is 8. The van der Waals surface area contributed by atoms with Crippen LogP contribution in [0.5, 0.6) is 0 Å². The fourth-order valence-electron chi connectivity index (χ4n) is 2.48. The van der Waals surface area contributed by atoms with Gasteiger partial charge in [0, 0.05) is 23.1 Å². The van der Waals surface area contributed by atoms with Gasteiger partial charge in [0.2, 0.25) is 0 Å². The van der Waals surface area contributed by atoms with Crippen molar-refractivity contribution in [1.29, 1.82) is 0 Å². The molecule has 3 unspecified atom stereocenters. The van der Waals surface area contributed by atoms with Crippen LogP contribution in [0.4, 0.5) is 0 Å². The van der Waals surface area contributed by atoms with Crippen molar-refractivity contribution in [2.75, 3.05) is 20.3 Å². The number of carbonyl (C=O) groups is 1. The van der Waals surface area contributed by atoms with Crippen molar-refractivity contribution in [3.05, 3.63) is 43.0 Å². The molecule has 1 saturated heterocycles. The summed E-state index contributed by atoms with van der Waals surface area (Å²) in [7, 11) is -3.24. The van der Waals surface area contributed by atoms with Gasteiger partial charge in [0.05, 0.1) is 25.9 Å². The number of azide groups is 1. The summed E-state index contributed by atoms with van der Waals surface area (Å²) in [4.78, 5) is 49.0. The third-order valence-electron chi connectivity index (χ3n) is 3.92. The summed E-state index contributed by atoms with van der Waals surface area (Å²) in [6.45, 7) is 0.494. The largest absolute Gasteiger partial charge is 0.468 e. The van der Waals surface area contributed by atoms with E-state index in [4.69, 9.17) is 14.8 Å².